The normalized spacial score (nSPS) is 11.7. The number of ether oxygens (including phenoxy) is 1. The SMILES string of the molecule is CCOCCN(C)c1cc(C)nc(C)c1/C(N)=N/O. The number of anilines is 1. The van der Waals surface area contributed by atoms with Gasteiger partial charge in [-0.2, -0.15) is 0 Å². The summed E-state index contributed by atoms with van der Waals surface area (Å²) in [5.41, 5.74) is 8.93. The molecule has 1 aromatic rings. The molecular formula is C13H22N4O2. The maximum atomic E-state index is 8.89. The second-order valence-corrected chi connectivity index (χ2v) is 4.35. The molecule has 1 rings (SSSR count). The first-order valence-corrected chi connectivity index (χ1v) is 6.26. The molecule has 0 bridgehead atoms. The van der Waals surface area contributed by atoms with Gasteiger partial charge in [0.1, 0.15) is 0 Å². The van der Waals surface area contributed by atoms with Crippen LogP contribution in [0, 0.1) is 13.8 Å². The van der Waals surface area contributed by atoms with Gasteiger partial charge >= 0.3 is 0 Å². The van der Waals surface area contributed by atoms with E-state index in [1.54, 1.807) is 0 Å². The molecule has 0 atom stereocenters. The fourth-order valence-electron chi connectivity index (χ4n) is 1.94. The zero-order valence-electron chi connectivity index (χ0n) is 12.0. The number of hydrogen-bond donors (Lipinski definition) is 2. The lowest BCUT2D eigenvalue weighted by atomic mass is 10.1. The fourth-order valence-corrected chi connectivity index (χ4v) is 1.94. The van der Waals surface area contributed by atoms with Crippen LogP contribution in [0.15, 0.2) is 11.2 Å². The number of hydrogen-bond acceptors (Lipinski definition) is 5. The van der Waals surface area contributed by atoms with E-state index in [9.17, 15) is 0 Å². The van der Waals surface area contributed by atoms with E-state index in [0.717, 1.165) is 23.6 Å². The van der Waals surface area contributed by atoms with Gasteiger partial charge in [-0.05, 0) is 26.8 Å². The number of nitrogens with zero attached hydrogens (tertiary/aromatic N) is 3. The van der Waals surface area contributed by atoms with Crippen molar-refractivity contribution in [3.8, 4) is 0 Å². The van der Waals surface area contributed by atoms with Crippen LogP contribution in [-0.4, -0.2) is 42.8 Å². The number of oxime groups is 1. The van der Waals surface area contributed by atoms with Gasteiger partial charge in [0, 0.05) is 25.9 Å². The topological polar surface area (TPSA) is 84.0 Å². The summed E-state index contributed by atoms with van der Waals surface area (Å²) in [5, 5.41) is 12.0. The first kappa shape index (κ1) is 15.2. The van der Waals surface area contributed by atoms with Gasteiger partial charge in [-0.25, -0.2) is 0 Å². The monoisotopic (exact) mass is 266 g/mol. The van der Waals surface area contributed by atoms with Crippen LogP contribution in [0.3, 0.4) is 0 Å². The molecule has 0 unspecified atom stereocenters. The molecular weight excluding hydrogens is 244 g/mol. The molecule has 0 radical (unpaired) electrons. The minimum absolute atomic E-state index is 0.0725. The van der Waals surface area contributed by atoms with Crippen molar-refractivity contribution in [1.29, 1.82) is 0 Å². The highest BCUT2D eigenvalue weighted by Gasteiger charge is 2.15. The average Bonchev–Trinajstić information content (AvgIpc) is 2.37. The van der Waals surface area contributed by atoms with Crippen molar-refractivity contribution in [3.63, 3.8) is 0 Å². The molecule has 0 saturated carbocycles. The van der Waals surface area contributed by atoms with Gasteiger partial charge in [0.15, 0.2) is 5.84 Å². The lowest BCUT2D eigenvalue weighted by molar-refractivity contribution is 0.154. The van der Waals surface area contributed by atoms with Gasteiger partial charge in [-0.15, -0.1) is 0 Å². The fraction of sp³-hybridized carbons (Fsp3) is 0.538. The van der Waals surface area contributed by atoms with Crippen LogP contribution in [0.2, 0.25) is 0 Å². The lowest BCUT2D eigenvalue weighted by Crippen LogP contribution is -2.27. The average molecular weight is 266 g/mol. The molecule has 6 heteroatoms. The molecule has 106 valence electrons. The summed E-state index contributed by atoms with van der Waals surface area (Å²) in [6.45, 7) is 7.77. The van der Waals surface area contributed by atoms with Crippen molar-refractivity contribution < 1.29 is 9.94 Å². The molecule has 0 aromatic carbocycles. The Morgan fingerprint density at radius 1 is 1.53 bits per heavy atom. The van der Waals surface area contributed by atoms with E-state index in [1.165, 1.54) is 0 Å². The van der Waals surface area contributed by atoms with Crippen molar-refractivity contribution in [1.82, 2.24) is 4.98 Å². The second-order valence-electron chi connectivity index (χ2n) is 4.35. The minimum atomic E-state index is 0.0725. The number of pyridine rings is 1. The summed E-state index contributed by atoms with van der Waals surface area (Å²) in [4.78, 5) is 6.37. The minimum Gasteiger partial charge on any atom is -0.409 e. The summed E-state index contributed by atoms with van der Waals surface area (Å²) in [6, 6.07) is 1.92. The van der Waals surface area contributed by atoms with Crippen LogP contribution < -0.4 is 10.6 Å². The summed E-state index contributed by atoms with van der Waals surface area (Å²) in [6.07, 6.45) is 0. The molecule has 0 aliphatic carbocycles. The third kappa shape index (κ3) is 3.82. The molecule has 3 N–H and O–H groups in total. The molecule has 0 fully saturated rings. The predicted molar refractivity (Wildman–Crippen MR) is 76.0 cm³/mol. The molecule has 0 spiro atoms. The Kier molecular flexibility index (Phi) is 5.57. The summed E-state index contributed by atoms with van der Waals surface area (Å²) < 4.78 is 5.34. The Balaban J connectivity index is 3.10. The molecule has 0 aliphatic heterocycles. The van der Waals surface area contributed by atoms with Gasteiger partial charge in [0.25, 0.3) is 0 Å². The number of aryl methyl sites for hydroxylation is 2. The number of aromatic nitrogens is 1. The van der Waals surface area contributed by atoms with Crippen LogP contribution in [0.4, 0.5) is 5.69 Å². The van der Waals surface area contributed by atoms with E-state index < -0.39 is 0 Å². The zero-order valence-corrected chi connectivity index (χ0v) is 12.0. The number of amidine groups is 1. The third-order valence-electron chi connectivity index (χ3n) is 2.86. The summed E-state index contributed by atoms with van der Waals surface area (Å²) >= 11 is 0. The van der Waals surface area contributed by atoms with Gasteiger partial charge in [-0.1, -0.05) is 5.16 Å². The summed E-state index contributed by atoms with van der Waals surface area (Å²) in [5.74, 6) is 0.0725. The highest BCUT2D eigenvalue weighted by Crippen LogP contribution is 2.22. The van der Waals surface area contributed by atoms with E-state index in [0.29, 0.717) is 18.8 Å². The maximum absolute atomic E-state index is 8.89. The van der Waals surface area contributed by atoms with E-state index in [2.05, 4.69) is 10.1 Å². The lowest BCUT2D eigenvalue weighted by Gasteiger charge is -2.23. The van der Waals surface area contributed by atoms with Gasteiger partial charge < -0.3 is 20.6 Å². The molecule has 0 saturated heterocycles. The van der Waals surface area contributed by atoms with Crippen molar-refractivity contribution in [2.45, 2.75) is 20.8 Å². The molecule has 0 amide bonds. The van der Waals surface area contributed by atoms with Crippen molar-refractivity contribution in [3.05, 3.63) is 23.0 Å². The van der Waals surface area contributed by atoms with E-state index >= 15 is 0 Å². The van der Waals surface area contributed by atoms with Crippen LogP contribution >= 0.6 is 0 Å². The molecule has 0 aliphatic rings. The Hall–Kier alpha value is -1.82. The molecule has 1 heterocycles. The summed E-state index contributed by atoms with van der Waals surface area (Å²) in [7, 11) is 1.95. The Morgan fingerprint density at radius 3 is 2.79 bits per heavy atom. The largest absolute Gasteiger partial charge is 0.409 e. The van der Waals surface area contributed by atoms with Crippen molar-refractivity contribution in [2.75, 3.05) is 31.7 Å². The van der Waals surface area contributed by atoms with Gasteiger partial charge in [0.2, 0.25) is 0 Å². The highest BCUT2D eigenvalue weighted by atomic mass is 16.5. The first-order chi connectivity index (χ1) is 9.01. The Labute approximate surface area is 113 Å². The molecule has 19 heavy (non-hydrogen) atoms. The Bertz CT molecular complexity index is 460. The zero-order chi connectivity index (χ0) is 14.4. The number of rotatable bonds is 6. The molecule has 6 nitrogen and oxygen atoms in total. The van der Waals surface area contributed by atoms with Gasteiger partial charge in [0.05, 0.1) is 23.6 Å². The standard InChI is InChI=1S/C13H22N4O2/c1-5-19-7-6-17(4)11-8-9(2)15-10(3)12(11)13(14)16-18/h8,18H,5-7H2,1-4H3,(H2,14,16). The number of likely N-dealkylation sites (N-methyl/N-ethyl adjacent to an activating group) is 1. The van der Waals surface area contributed by atoms with E-state index in [4.69, 9.17) is 15.7 Å². The second kappa shape index (κ2) is 6.94. The van der Waals surface area contributed by atoms with Gasteiger partial charge in [-0.3, -0.25) is 4.98 Å². The first-order valence-electron chi connectivity index (χ1n) is 6.26. The van der Waals surface area contributed by atoms with Crippen molar-refractivity contribution >= 4 is 11.5 Å². The van der Waals surface area contributed by atoms with E-state index in [-0.39, 0.29) is 5.84 Å². The third-order valence-corrected chi connectivity index (χ3v) is 2.86. The molecule has 1 aromatic heterocycles. The van der Waals surface area contributed by atoms with Crippen LogP contribution in [0.5, 0.6) is 0 Å². The maximum Gasteiger partial charge on any atom is 0.174 e. The quantitative estimate of drug-likeness (QED) is 0.266. The van der Waals surface area contributed by atoms with Crippen LogP contribution in [0.1, 0.15) is 23.9 Å². The highest BCUT2D eigenvalue weighted by molar-refractivity contribution is 6.03. The van der Waals surface area contributed by atoms with Crippen molar-refractivity contribution in [2.24, 2.45) is 10.9 Å². The Morgan fingerprint density at radius 2 is 2.21 bits per heavy atom. The van der Waals surface area contributed by atoms with Crippen LogP contribution in [-0.2, 0) is 4.74 Å². The van der Waals surface area contributed by atoms with Crippen LogP contribution in [0.25, 0.3) is 0 Å². The smallest absolute Gasteiger partial charge is 0.174 e. The number of nitrogens with two attached hydrogens (primary N) is 1. The van der Waals surface area contributed by atoms with E-state index in [1.807, 2.05) is 38.8 Å². The predicted octanol–water partition coefficient (Wildman–Crippen LogP) is 1.27.